The van der Waals surface area contributed by atoms with Gasteiger partial charge in [0.15, 0.2) is 11.5 Å². The summed E-state index contributed by atoms with van der Waals surface area (Å²) in [5.74, 6) is 2.00. The van der Waals surface area contributed by atoms with Gasteiger partial charge in [0.1, 0.15) is 0 Å². The number of aromatic nitrogens is 2. The van der Waals surface area contributed by atoms with Crippen LogP contribution in [0.15, 0.2) is 16.5 Å². The fourth-order valence-corrected chi connectivity index (χ4v) is 1.86. The molecule has 0 aliphatic heterocycles. The minimum absolute atomic E-state index is 0.00908. The Labute approximate surface area is 123 Å². The molecule has 1 aromatic heterocycles. The summed E-state index contributed by atoms with van der Waals surface area (Å²) in [6.07, 6.45) is 0. The van der Waals surface area contributed by atoms with Gasteiger partial charge in [-0.05, 0) is 32.9 Å². The van der Waals surface area contributed by atoms with Crippen LogP contribution in [0.2, 0.25) is 0 Å². The van der Waals surface area contributed by atoms with E-state index in [0.29, 0.717) is 48.5 Å². The number of hydrogen-bond donors (Lipinski definition) is 1. The number of anilines is 1. The minimum atomic E-state index is 0.00908. The maximum absolute atomic E-state index is 5.63. The highest BCUT2D eigenvalue weighted by atomic mass is 16.5. The van der Waals surface area contributed by atoms with Gasteiger partial charge in [0, 0.05) is 5.56 Å². The van der Waals surface area contributed by atoms with E-state index in [1.165, 1.54) is 0 Å². The highest BCUT2D eigenvalue weighted by Gasteiger charge is 2.18. The lowest BCUT2D eigenvalue weighted by Gasteiger charge is -2.16. The summed E-state index contributed by atoms with van der Waals surface area (Å²) < 4.78 is 22.1. The maximum Gasteiger partial charge on any atom is 0.313 e. The molecule has 2 N–H and O–H groups in total. The first kappa shape index (κ1) is 15.0. The third kappa shape index (κ3) is 3.36. The molecule has 0 saturated heterocycles. The molecule has 114 valence electrons. The Balaban J connectivity index is 2.51. The molecule has 7 nitrogen and oxygen atoms in total. The third-order valence-electron chi connectivity index (χ3n) is 2.60. The fraction of sp³-hybridized carbons (Fsp3) is 0.429. The topological polar surface area (TPSA) is 92.6 Å². The Hall–Kier alpha value is -2.44. The summed E-state index contributed by atoms with van der Waals surface area (Å²) in [4.78, 5) is 0. The lowest BCUT2D eigenvalue weighted by Crippen LogP contribution is -2.03. The van der Waals surface area contributed by atoms with Crippen LogP contribution in [0.3, 0.4) is 0 Å². The second-order valence-corrected chi connectivity index (χ2v) is 4.05. The molecule has 0 fully saturated rings. The van der Waals surface area contributed by atoms with Crippen molar-refractivity contribution in [3.05, 3.63) is 12.1 Å². The first-order chi connectivity index (χ1) is 10.2. The highest BCUT2D eigenvalue weighted by molar-refractivity contribution is 5.66. The van der Waals surface area contributed by atoms with Crippen LogP contribution in [0.4, 0.5) is 6.01 Å². The Morgan fingerprint density at radius 3 is 1.95 bits per heavy atom. The smallest absolute Gasteiger partial charge is 0.313 e. The van der Waals surface area contributed by atoms with E-state index in [-0.39, 0.29) is 6.01 Å². The highest BCUT2D eigenvalue weighted by Crippen LogP contribution is 2.41. The minimum Gasteiger partial charge on any atom is -0.490 e. The van der Waals surface area contributed by atoms with Gasteiger partial charge in [-0.3, -0.25) is 0 Å². The van der Waals surface area contributed by atoms with Crippen molar-refractivity contribution in [1.29, 1.82) is 0 Å². The SMILES string of the molecule is CCOc1cc(-c2nnc(N)o2)cc(OCC)c1OCC. The van der Waals surface area contributed by atoms with Crippen LogP contribution in [-0.4, -0.2) is 30.0 Å². The molecule has 21 heavy (non-hydrogen) atoms. The van der Waals surface area contributed by atoms with Crippen LogP contribution in [0, 0.1) is 0 Å². The van der Waals surface area contributed by atoms with Crippen molar-refractivity contribution < 1.29 is 18.6 Å². The molecule has 0 unspecified atom stereocenters. The summed E-state index contributed by atoms with van der Waals surface area (Å²) >= 11 is 0. The Morgan fingerprint density at radius 2 is 1.52 bits per heavy atom. The average molecular weight is 293 g/mol. The lowest BCUT2D eigenvalue weighted by atomic mass is 10.2. The third-order valence-corrected chi connectivity index (χ3v) is 2.60. The van der Waals surface area contributed by atoms with Crippen molar-refractivity contribution in [2.45, 2.75) is 20.8 Å². The van der Waals surface area contributed by atoms with Gasteiger partial charge in [0.05, 0.1) is 19.8 Å². The van der Waals surface area contributed by atoms with Crippen molar-refractivity contribution in [2.24, 2.45) is 0 Å². The summed E-state index contributed by atoms with van der Waals surface area (Å²) in [6, 6.07) is 3.54. The zero-order valence-corrected chi connectivity index (χ0v) is 12.4. The standard InChI is InChI=1S/C14H19N3O4/c1-4-18-10-7-9(13-16-17-14(15)21-13)8-11(19-5-2)12(10)20-6-3/h7-8H,4-6H2,1-3H3,(H2,15,17). The molecule has 0 spiro atoms. The van der Waals surface area contributed by atoms with Crippen molar-refractivity contribution in [1.82, 2.24) is 10.2 Å². The largest absolute Gasteiger partial charge is 0.490 e. The number of ether oxygens (including phenoxy) is 3. The Kier molecular flexibility index (Phi) is 4.86. The van der Waals surface area contributed by atoms with Gasteiger partial charge in [-0.15, -0.1) is 5.10 Å². The van der Waals surface area contributed by atoms with Crippen LogP contribution >= 0.6 is 0 Å². The molecular weight excluding hydrogens is 274 g/mol. The summed E-state index contributed by atoms with van der Waals surface area (Å²) in [5.41, 5.74) is 6.12. The molecule has 0 saturated carbocycles. The van der Waals surface area contributed by atoms with E-state index in [9.17, 15) is 0 Å². The lowest BCUT2D eigenvalue weighted by molar-refractivity contribution is 0.261. The van der Waals surface area contributed by atoms with E-state index in [1.54, 1.807) is 12.1 Å². The quantitative estimate of drug-likeness (QED) is 0.838. The number of nitrogen functional groups attached to an aromatic ring is 1. The molecule has 1 heterocycles. The van der Waals surface area contributed by atoms with E-state index < -0.39 is 0 Å². The van der Waals surface area contributed by atoms with E-state index >= 15 is 0 Å². The van der Waals surface area contributed by atoms with E-state index in [1.807, 2.05) is 20.8 Å². The van der Waals surface area contributed by atoms with Crippen molar-refractivity contribution in [3.8, 4) is 28.7 Å². The van der Waals surface area contributed by atoms with Crippen molar-refractivity contribution >= 4 is 6.01 Å². The van der Waals surface area contributed by atoms with Gasteiger partial charge in [0.2, 0.25) is 11.6 Å². The first-order valence-electron chi connectivity index (χ1n) is 6.85. The molecular formula is C14H19N3O4. The number of rotatable bonds is 7. The molecule has 1 aromatic carbocycles. The first-order valence-corrected chi connectivity index (χ1v) is 6.85. The zero-order chi connectivity index (χ0) is 15.2. The van der Waals surface area contributed by atoms with Crippen LogP contribution in [0.5, 0.6) is 17.2 Å². The number of benzene rings is 1. The average Bonchev–Trinajstić information content (AvgIpc) is 2.89. The van der Waals surface area contributed by atoms with Gasteiger partial charge < -0.3 is 24.4 Å². The number of nitrogens with zero attached hydrogens (tertiary/aromatic N) is 2. The van der Waals surface area contributed by atoms with Crippen LogP contribution < -0.4 is 19.9 Å². The second kappa shape index (κ2) is 6.83. The normalized spacial score (nSPS) is 10.4. The summed E-state index contributed by atoms with van der Waals surface area (Å²) in [6.45, 7) is 7.20. The molecule has 0 radical (unpaired) electrons. The summed E-state index contributed by atoms with van der Waals surface area (Å²) in [5, 5.41) is 7.52. The second-order valence-electron chi connectivity index (χ2n) is 4.05. The predicted octanol–water partition coefficient (Wildman–Crippen LogP) is 2.51. The zero-order valence-electron chi connectivity index (χ0n) is 12.4. The van der Waals surface area contributed by atoms with Gasteiger partial charge >= 0.3 is 6.01 Å². The molecule has 0 aliphatic rings. The molecule has 0 bridgehead atoms. The van der Waals surface area contributed by atoms with E-state index in [2.05, 4.69) is 10.2 Å². The molecule has 2 rings (SSSR count). The molecule has 7 heteroatoms. The Morgan fingerprint density at radius 1 is 0.952 bits per heavy atom. The van der Waals surface area contributed by atoms with Gasteiger partial charge in [-0.1, -0.05) is 5.10 Å². The van der Waals surface area contributed by atoms with Crippen LogP contribution in [0.1, 0.15) is 20.8 Å². The van der Waals surface area contributed by atoms with Gasteiger partial charge in [-0.2, -0.15) is 0 Å². The fourth-order valence-electron chi connectivity index (χ4n) is 1.86. The monoisotopic (exact) mass is 293 g/mol. The van der Waals surface area contributed by atoms with Crippen molar-refractivity contribution in [2.75, 3.05) is 25.6 Å². The predicted molar refractivity (Wildman–Crippen MR) is 77.7 cm³/mol. The number of hydrogen-bond acceptors (Lipinski definition) is 7. The maximum atomic E-state index is 5.63. The van der Waals surface area contributed by atoms with E-state index in [0.717, 1.165) is 0 Å². The molecule has 0 amide bonds. The Bertz CT molecular complexity index is 571. The van der Waals surface area contributed by atoms with Crippen LogP contribution in [0.25, 0.3) is 11.5 Å². The molecule has 0 atom stereocenters. The molecule has 2 aromatic rings. The molecule has 0 aliphatic carbocycles. The summed E-state index contributed by atoms with van der Waals surface area (Å²) in [7, 11) is 0. The van der Waals surface area contributed by atoms with Crippen LogP contribution in [-0.2, 0) is 0 Å². The van der Waals surface area contributed by atoms with E-state index in [4.69, 9.17) is 24.4 Å². The van der Waals surface area contributed by atoms with Crippen molar-refractivity contribution in [3.63, 3.8) is 0 Å². The van der Waals surface area contributed by atoms with Gasteiger partial charge in [0.25, 0.3) is 0 Å². The van der Waals surface area contributed by atoms with Gasteiger partial charge in [-0.25, -0.2) is 0 Å². The number of nitrogens with two attached hydrogens (primary N) is 1.